The molecule has 0 aliphatic rings. The fraction of sp³-hybridized carbons (Fsp3) is 0.154. The smallest absolute Gasteiger partial charge is 0.387 e. The lowest BCUT2D eigenvalue weighted by molar-refractivity contribution is -0.0504. The SMILES string of the molecule is FC(F)Oc1ccc(Cl)cc1CNc1cnccc1Cl. The maximum atomic E-state index is 12.3. The summed E-state index contributed by atoms with van der Waals surface area (Å²) in [6.07, 6.45) is 3.10. The van der Waals surface area contributed by atoms with Crippen LogP contribution >= 0.6 is 23.2 Å². The molecule has 1 aromatic carbocycles. The summed E-state index contributed by atoms with van der Waals surface area (Å²) >= 11 is 11.8. The lowest BCUT2D eigenvalue weighted by Crippen LogP contribution is -2.07. The van der Waals surface area contributed by atoms with E-state index in [2.05, 4.69) is 15.0 Å². The molecule has 20 heavy (non-hydrogen) atoms. The van der Waals surface area contributed by atoms with Gasteiger partial charge in [-0.2, -0.15) is 8.78 Å². The highest BCUT2D eigenvalue weighted by molar-refractivity contribution is 6.33. The first-order valence-corrected chi connectivity index (χ1v) is 6.38. The highest BCUT2D eigenvalue weighted by atomic mass is 35.5. The van der Waals surface area contributed by atoms with Crippen LogP contribution in [0.1, 0.15) is 5.56 Å². The predicted molar refractivity (Wildman–Crippen MR) is 74.7 cm³/mol. The van der Waals surface area contributed by atoms with Crippen LogP contribution in [0.3, 0.4) is 0 Å². The summed E-state index contributed by atoms with van der Waals surface area (Å²) in [7, 11) is 0. The zero-order chi connectivity index (χ0) is 14.5. The molecule has 1 heterocycles. The molecule has 1 aromatic heterocycles. The molecule has 0 saturated carbocycles. The number of anilines is 1. The Kier molecular flexibility index (Phi) is 4.98. The van der Waals surface area contributed by atoms with Gasteiger partial charge in [0.15, 0.2) is 0 Å². The number of ether oxygens (including phenoxy) is 1. The van der Waals surface area contributed by atoms with E-state index in [-0.39, 0.29) is 12.3 Å². The van der Waals surface area contributed by atoms with E-state index in [0.717, 1.165) is 0 Å². The maximum absolute atomic E-state index is 12.3. The average molecular weight is 319 g/mol. The lowest BCUT2D eigenvalue weighted by atomic mass is 10.2. The van der Waals surface area contributed by atoms with Gasteiger partial charge in [0.05, 0.1) is 16.9 Å². The van der Waals surface area contributed by atoms with E-state index < -0.39 is 6.61 Å². The minimum Gasteiger partial charge on any atom is -0.434 e. The first kappa shape index (κ1) is 14.8. The molecular formula is C13H10Cl2F2N2O. The summed E-state index contributed by atoms with van der Waals surface area (Å²) in [5, 5.41) is 3.91. The summed E-state index contributed by atoms with van der Waals surface area (Å²) in [6, 6.07) is 6.06. The number of rotatable bonds is 5. The molecule has 0 aliphatic carbocycles. The van der Waals surface area contributed by atoms with Gasteiger partial charge in [0.25, 0.3) is 0 Å². The number of benzene rings is 1. The highest BCUT2D eigenvalue weighted by Gasteiger charge is 2.10. The van der Waals surface area contributed by atoms with Crippen LogP contribution in [0.5, 0.6) is 5.75 Å². The van der Waals surface area contributed by atoms with E-state index >= 15 is 0 Å². The van der Waals surface area contributed by atoms with Gasteiger partial charge in [0.1, 0.15) is 5.75 Å². The van der Waals surface area contributed by atoms with Gasteiger partial charge in [-0.3, -0.25) is 4.98 Å². The van der Waals surface area contributed by atoms with Crippen molar-refractivity contribution in [1.29, 1.82) is 0 Å². The molecule has 2 rings (SSSR count). The Balaban J connectivity index is 2.16. The molecule has 0 spiro atoms. The number of hydrogen-bond donors (Lipinski definition) is 1. The van der Waals surface area contributed by atoms with Gasteiger partial charge in [-0.1, -0.05) is 23.2 Å². The first-order valence-electron chi connectivity index (χ1n) is 5.63. The van der Waals surface area contributed by atoms with E-state index in [9.17, 15) is 8.78 Å². The normalized spacial score (nSPS) is 10.7. The molecule has 7 heteroatoms. The van der Waals surface area contributed by atoms with Crippen molar-refractivity contribution in [1.82, 2.24) is 4.98 Å². The number of halogens is 4. The van der Waals surface area contributed by atoms with E-state index in [4.69, 9.17) is 23.2 Å². The Morgan fingerprint density at radius 1 is 1.25 bits per heavy atom. The van der Waals surface area contributed by atoms with Gasteiger partial charge >= 0.3 is 6.61 Å². The predicted octanol–water partition coefficient (Wildman–Crippen LogP) is 4.60. The standard InChI is InChI=1S/C13H10Cl2F2N2O/c14-9-1-2-12(20-13(16)17)8(5-9)6-19-11-7-18-4-3-10(11)15/h1-5,7,13,19H,6H2. The number of nitrogens with zero attached hydrogens (tertiary/aromatic N) is 1. The Morgan fingerprint density at radius 2 is 2.05 bits per heavy atom. The molecular weight excluding hydrogens is 309 g/mol. The molecule has 0 radical (unpaired) electrons. The summed E-state index contributed by atoms with van der Waals surface area (Å²) in [6.45, 7) is -2.66. The van der Waals surface area contributed by atoms with Gasteiger partial charge in [-0.15, -0.1) is 0 Å². The van der Waals surface area contributed by atoms with Crippen LogP contribution in [-0.2, 0) is 6.54 Å². The number of pyridine rings is 1. The van der Waals surface area contributed by atoms with Crippen molar-refractivity contribution in [2.45, 2.75) is 13.2 Å². The van der Waals surface area contributed by atoms with Crippen molar-refractivity contribution < 1.29 is 13.5 Å². The summed E-state index contributed by atoms with van der Waals surface area (Å²) in [4.78, 5) is 3.92. The molecule has 1 N–H and O–H groups in total. The Bertz CT molecular complexity index is 596. The van der Waals surface area contributed by atoms with Crippen molar-refractivity contribution in [3.05, 3.63) is 52.3 Å². The van der Waals surface area contributed by atoms with Crippen molar-refractivity contribution in [3.8, 4) is 5.75 Å². The van der Waals surface area contributed by atoms with Gasteiger partial charge in [0, 0.05) is 23.3 Å². The molecule has 0 unspecified atom stereocenters. The minimum absolute atomic E-state index is 0.0666. The minimum atomic E-state index is -2.89. The zero-order valence-corrected chi connectivity index (χ0v) is 11.6. The monoisotopic (exact) mass is 318 g/mol. The molecule has 0 fully saturated rings. The first-order chi connectivity index (χ1) is 9.56. The Morgan fingerprint density at radius 3 is 2.75 bits per heavy atom. The van der Waals surface area contributed by atoms with Crippen LogP contribution < -0.4 is 10.1 Å². The highest BCUT2D eigenvalue weighted by Crippen LogP contribution is 2.26. The number of nitrogens with one attached hydrogen (secondary N) is 1. The van der Waals surface area contributed by atoms with E-state index in [1.165, 1.54) is 12.1 Å². The molecule has 0 saturated heterocycles. The third kappa shape index (κ3) is 3.95. The zero-order valence-electron chi connectivity index (χ0n) is 10.1. The summed E-state index contributed by atoms with van der Waals surface area (Å²) < 4.78 is 29.1. The molecule has 2 aromatic rings. The molecule has 106 valence electrons. The molecule has 0 bridgehead atoms. The Labute approximate surface area is 124 Å². The number of alkyl halides is 2. The second-order valence-electron chi connectivity index (χ2n) is 3.84. The average Bonchev–Trinajstić information content (AvgIpc) is 2.40. The lowest BCUT2D eigenvalue weighted by Gasteiger charge is -2.13. The third-order valence-corrected chi connectivity index (χ3v) is 3.04. The van der Waals surface area contributed by atoms with Crippen LogP contribution in [-0.4, -0.2) is 11.6 Å². The van der Waals surface area contributed by atoms with E-state index in [1.54, 1.807) is 24.5 Å². The second kappa shape index (κ2) is 6.72. The van der Waals surface area contributed by atoms with Gasteiger partial charge < -0.3 is 10.1 Å². The van der Waals surface area contributed by atoms with Crippen molar-refractivity contribution >= 4 is 28.9 Å². The largest absolute Gasteiger partial charge is 0.434 e. The topological polar surface area (TPSA) is 34.1 Å². The second-order valence-corrected chi connectivity index (χ2v) is 4.68. The van der Waals surface area contributed by atoms with Crippen LogP contribution in [0.2, 0.25) is 10.0 Å². The molecule has 3 nitrogen and oxygen atoms in total. The van der Waals surface area contributed by atoms with Crippen molar-refractivity contribution in [2.75, 3.05) is 5.32 Å². The van der Waals surface area contributed by atoms with E-state index in [0.29, 0.717) is 21.3 Å². The number of aromatic nitrogens is 1. The maximum Gasteiger partial charge on any atom is 0.387 e. The summed E-state index contributed by atoms with van der Waals surface area (Å²) in [5.74, 6) is 0.0666. The molecule has 0 atom stereocenters. The fourth-order valence-electron chi connectivity index (χ4n) is 1.60. The molecule has 0 amide bonds. The fourth-order valence-corrected chi connectivity index (χ4v) is 1.96. The van der Waals surface area contributed by atoms with Crippen LogP contribution in [0.15, 0.2) is 36.7 Å². The summed E-state index contributed by atoms with van der Waals surface area (Å²) in [5.41, 5.74) is 1.09. The van der Waals surface area contributed by atoms with E-state index in [1.807, 2.05) is 0 Å². The van der Waals surface area contributed by atoms with Crippen LogP contribution in [0, 0.1) is 0 Å². The van der Waals surface area contributed by atoms with Gasteiger partial charge in [-0.05, 0) is 24.3 Å². The van der Waals surface area contributed by atoms with Crippen molar-refractivity contribution in [2.24, 2.45) is 0 Å². The van der Waals surface area contributed by atoms with Crippen LogP contribution in [0.4, 0.5) is 14.5 Å². The Hall–Kier alpha value is -1.59. The number of hydrogen-bond acceptors (Lipinski definition) is 3. The van der Waals surface area contributed by atoms with Crippen LogP contribution in [0.25, 0.3) is 0 Å². The van der Waals surface area contributed by atoms with Gasteiger partial charge in [0.2, 0.25) is 0 Å². The third-order valence-electron chi connectivity index (χ3n) is 2.48. The quantitative estimate of drug-likeness (QED) is 0.874. The molecule has 0 aliphatic heterocycles. The van der Waals surface area contributed by atoms with Gasteiger partial charge in [-0.25, -0.2) is 0 Å². The van der Waals surface area contributed by atoms with Crippen molar-refractivity contribution in [3.63, 3.8) is 0 Å².